The number of sulfone groups is 1. The summed E-state index contributed by atoms with van der Waals surface area (Å²) in [6.45, 7) is 2.86. The number of carbonyl (C=O) groups excluding carboxylic acids is 1. The molecule has 2 N–H and O–H groups in total. The number of hydroxylamine groups is 1. The molecule has 0 aliphatic rings. The van der Waals surface area contributed by atoms with E-state index in [1.165, 1.54) is 50.7 Å². The molecule has 0 fully saturated rings. The van der Waals surface area contributed by atoms with Crippen molar-refractivity contribution >= 4 is 15.7 Å². The molecule has 1 aromatic carbocycles. The van der Waals surface area contributed by atoms with Crippen LogP contribution < -0.4 is 10.2 Å². The van der Waals surface area contributed by atoms with Crippen LogP contribution in [-0.2, 0) is 14.6 Å². The smallest absolute Gasteiger partial charge is 0.244 e. The summed E-state index contributed by atoms with van der Waals surface area (Å²) in [5.74, 6) is -0.202. The zero-order chi connectivity index (χ0) is 14.7. The summed E-state index contributed by atoms with van der Waals surface area (Å²) in [6.07, 6.45) is -0.335. The third kappa shape index (κ3) is 3.24. The summed E-state index contributed by atoms with van der Waals surface area (Å²) < 4.78 is 28.4. The lowest BCUT2D eigenvalue weighted by Gasteiger charge is -2.23. The molecule has 0 atom stereocenters. The molecule has 0 heterocycles. The van der Waals surface area contributed by atoms with Gasteiger partial charge in [-0.2, -0.15) is 0 Å². The highest BCUT2D eigenvalue weighted by Gasteiger charge is 2.37. The third-order valence-electron chi connectivity index (χ3n) is 2.81. The largest absolute Gasteiger partial charge is 0.497 e. The van der Waals surface area contributed by atoms with E-state index in [4.69, 9.17) is 9.94 Å². The predicted molar refractivity (Wildman–Crippen MR) is 68.8 cm³/mol. The number of nitrogens with one attached hydrogen (secondary N) is 1. The van der Waals surface area contributed by atoms with Crippen LogP contribution in [-0.4, -0.2) is 31.4 Å². The Morgan fingerprint density at radius 3 is 2.26 bits per heavy atom. The second-order valence-corrected chi connectivity index (χ2v) is 7.23. The summed E-state index contributed by atoms with van der Waals surface area (Å²) in [6, 6.07) is 5.92. The minimum atomic E-state index is -3.70. The lowest BCUT2D eigenvalue weighted by molar-refractivity contribution is -0.129. The second-order valence-electron chi connectivity index (χ2n) is 4.65. The van der Waals surface area contributed by atoms with E-state index in [0.717, 1.165) is 0 Å². The van der Waals surface area contributed by atoms with Gasteiger partial charge in [-0.05, 0) is 38.1 Å². The fraction of sp³-hybridized carbons (Fsp3) is 0.417. The van der Waals surface area contributed by atoms with Crippen LogP contribution in [0.15, 0.2) is 29.2 Å². The number of benzene rings is 1. The summed E-state index contributed by atoms with van der Waals surface area (Å²) >= 11 is 0. The number of methoxy groups -OCH3 is 1. The average molecular weight is 287 g/mol. The van der Waals surface area contributed by atoms with E-state index in [0.29, 0.717) is 5.75 Å². The number of rotatable bonds is 5. The minimum Gasteiger partial charge on any atom is -0.497 e. The fourth-order valence-electron chi connectivity index (χ4n) is 1.60. The van der Waals surface area contributed by atoms with Gasteiger partial charge < -0.3 is 4.74 Å². The number of hydrogen-bond donors (Lipinski definition) is 2. The topological polar surface area (TPSA) is 92.7 Å². The van der Waals surface area contributed by atoms with Crippen molar-refractivity contribution in [2.24, 2.45) is 0 Å². The van der Waals surface area contributed by atoms with Gasteiger partial charge in [0, 0.05) is 6.42 Å². The monoisotopic (exact) mass is 287 g/mol. The van der Waals surface area contributed by atoms with Gasteiger partial charge in [0.2, 0.25) is 5.91 Å². The van der Waals surface area contributed by atoms with Crippen molar-refractivity contribution in [2.75, 3.05) is 7.11 Å². The highest BCUT2D eigenvalue weighted by atomic mass is 32.2. The van der Waals surface area contributed by atoms with Crippen molar-refractivity contribution in [3.8, 4) is 5.75 Å². The normalized spacial score (nSPS) is 12.0. The molecule has 6 nitrogen and oxygen atoms in total. The van der Waals surface area contributed by atoms with Crippen molar-refractivity contribution in [1.82, 2.24) is 5.48 Å². The van der Waals surface area contributed by atoms with Crippen molar-refractivity contribution in [3.63, 3.8) is 0 Å². The Morgan fingerprint density at radius 2 is 1.84 bits per heavy atom. The Labute approximate surface area is 112 Å². The Balaban J connectivity index is 3.11. The molecule has 0 aliphatic heterocycles. The quantitative estimate of drug-likeness (QED) is 0.626. The third-order valence-corrected chi connectivity index (χ3v) is 5.30. The van der Waals surface area contributed by atoms with Gasteiger partial charge in [0.15, 0.2) is 9.84 Å². The van der Waals surface area contributed by atoms with Gasteiger partial charge in [-0.3, -0.25) is 10.0 Å². The standard InChI is InChI=1S/C12H17NO5S/c1-12(2,8-11(14)13-15)19(16,17)10-6-4-9(18-3)5-7-10/h4-7,15H,8H2,1-3H3,(H,13,14). The number of amides is 1. The van der Waals surface area contributed by atoms with Crippen LogP contribution in [0.5, 0.6) is 5.75 Å². The number of ether oxygens (including phenoxy) is 1. The van der Waals surface area contributed by atoms with Gasteiger partial charge in [-0.1, -0.05) is 0 Å². The lowest BCUT2D eigenvalue weighted by Crippen LogP contribution is -2.37. The van der Waals surface area contributed by atoms with E-state index in [1.54, 1.807) is 0 Å². The molecular formula is C12H17NO5S. The first-order chi connectivity index (χ1) is 8.74. The van der Waals surface area contributed by atoms with Crippen molar-refractivity contribution in [1.29, 1.82) is 0 Å². The first-order valence-electron chi connectivity index (χ1n) is 5.56. The molecule has 0 bridgehead atoms. The van der Waals surface area contributed by atoms with Gasteiger partial charge in [-0.25, -0.2) is 13.9 Å². The molecule has 7 heteroatoms. The molecular weight excluding hydrogens is 270 g/mol. The van der Waals surface area contributed by atoms with Crippen LogP contribution in [0.1, 0.15) is 20.3 Å². The van der Waals surface area contributed by atoms with E-state index in [2.05, 4.69) is 0 Å². The second kappa shape index (κ2) is 5.58. The summed E-state index contributed by atoms with van der Waals surface area (Å²) in [4.78, 5) is 11.3. The lowest BCUT2D eigenvalue weighted by atomic mass is 10.1. The van der Waals surface area contributed by atoms with Crippen molar-refractivity contribution < 1.29 is 23.2 Å². The molecule has 1 amide bonds. The van der Waals surface area contributed by atoms with Crippen molar-refractivity contribution in [2.45, 2.75) is 29.9 Å². The zero-order valence-corrected chi connectivity index (χ0v) is 11.8. The molecule has 0 unspecified atom stereocenters. The maximum absolute atomic E-state index is 12.4. The minimum absolute atomic E-state index is 0.101. The SMILES string of the molecule is COc1ccc(S(=O)(=O)C(C)(C)CC(=O)NO)cc1. The summed E-state index contributed by atoms with van der Waals surface area (Å²) in [7, 11) is -2.21. The Bertz CT molecular complexity index is 548. The van der Waals surface area contributed by atoms with E-state index >= 15 is 0 Å². The van der Waals surface area contributed by atoms with Crippen LogP contribution in [0.25, 0.3) is 0 Å². The van der Waals surface area contributed by atoms with E-state index < -0.39 is 20.5 Å². The molecule has 0 aromatic heterocycles. The summed E-state index contributed by atoms with van der Waals surface area (Å²) in [5.41, 5.74) is 1.44. The van der Waals surface area contributed by atoms with Crippen LogP contribution in [0.4, 0.5) is 0 Å². The Kier molecular flexibility index (Phi) is 4.54. The molecule has 1 rings (SSSR count). The number of carbonyl (C=O) groups is 1. The van der Waals surface area contributed by atoms with Gasteiger partial charge >= 0.3 is 0 Å². The fourth-order valence-corrected chi connectivity index (χ4v) is 3.05. The Hall–Kier alpha value is -1.60. The van der Waals surface area contributed by atoms with Crippen LogP contribution >= 0.6 is 0 Å². The molecule has 0 saturated carbocycles. The van der Waals surface area contributed by atoms with E-state index in [-0.39, 0.29) is 11.3 Å². The van der Waals surface area contributed by atoms with Gasteiger partial charge in [0.1, 0.15) is 5.75 Å². The molecule has 19 heavy (non-hydrogen) atoms. The average Bonchev–Trinajstić information content (AvgIpc) is 2.38. The van der Waals surface area contributed by atoms with E-state index in [9.17, 15) is 13.2 Å². The first kappa shape index (κ1) is 15.5. The van der Waals surface area contributed by atoms with Crippen LogP contribution in [0.2, 0.25) is 0 Å². The maximum Gasteiger partial charge on any atom is 0.244 e. The van der Waals surface area contributed by atoms with Crippen molar-refractivity contribution in [3.05, 3.63) is 24.3 Å². The maximum atomic E-state index is 12.4. The molecule has 106 valence electrons. The number of hydrogen-bond acceptors (Lipinski definition) is 5. The molecule has 0 aliphatic carbocycles. The van der Waals surface area contributed by atoms with Crippen LogP contribution in [0, 0.1) is 0 Å². The molecule has 0 radical (unpaired) electrons. The van der Waals surface area contributed by atoms with E-state index in [1.807, 2.05) is 0 Å². The highest BCUT2D eigenvalue weighted by molar-refractivity contribution is 7.92. The van der Waals surface area contributed by atoms with Gasteiger partial charge in [0.05, 0.1) is 16.8 Å². The highest BCUT2D eigenvalue weighted by Crippen LogP contribution is 2.29. The van der Waals surface area contributed by atoms with Gasteiger partial charge in [0.25, 0.3) is 0 Å². The zero-order valence-electron chi connectivity index (χ0n) is 11.0. The molecule has 1 aromatic rings. The molecule has 0 spiro atoms. The van der Waals surface area contributed by atoms with Gasteiger partial charge in [-0.15, -0.1) is 0 Å². The Morgan fingerprint density at radius 1 is 1.32 bits per heavy atom. The predicted octanol–water partition coefficient (Wildman–Crippen LogP) is 1.14. The first-order valence-corrected chi connectivity index (χ1v) is 7.04. The summed E-state index contributed by atoms with van der Waals surface area (Å²) in [5, 5.41) is 8.49. The van der Waals surface area contributed by atoms with Crippen LogP contribution in [0.3, 0.4) is 0 Å². The molecule has 0 saturated heterocycles.